The Labute approximate surface area is 173 Å². The summed E-state index contributed by atoms with van der Waals surface area (Å²) in [6.45, 7) is 12.4. The molecule has 2 rings (SSSR count). The van der Waals surface area contributed by atoms with Crippen LogP contribution in [0.4, 0.5) is 0 Å². The first-order chi connectivity index (χ1) is 13.5. The lowest BCUT2D eigenvalue weighted by Gasteiger charge is -2.33. The zero-order chi connectivity index (χ0) is 21.8. The van der Waals surface area contributed by atoms with Gasteiger partial charge >= 0.3 is 5.97 Å². The molecule has 158 valence electrons. The topological polar surface area (TPSA) is 84.2 Å². The zero-order valence-corrected chi connectivity index (χ0v) is 18.4. The van der Waals surface area contributed by atoms with E-state index < -0.39 is 11.5 Å². The van der Waals surface area contributed by atoms with E-state index in [1.807, 2.05) is 32.4 Å². The summed E-state index contributed by atoms with van der Waals surface area (Å²) in [5, 5.41) is 16.8. The summed E-state index contributed by atoms with van der Waals surface area (Å²) in [6, 6.07) is 8.40. The van der Waals surface area contributed by atoms with Crippen LogP contribution in [0, 0.1) is 26.7 Å². The molecule has 6 heteroatoms. The molecule has 0 aliphatic heterocycles. The highest BCUT2D eigenvalue weighted by Gasteiger charge is 2.32. The first-order valence-corrected chi connectivity index (χ1v) is 10.1. The third-order valence-electron chi connectivity index (χ3n) is 5.80. The molecule has 2 N–H and O–H groups in total. The highest BCUT2D eigenvalue weighted by atomic mass is 16.4. The average Bonchev–Trinajstić information content (AvgIpc) is 2.87. The molecule has 2 aromatic rings. The van der Waals surface area contributed by atoms with Gasteiger partial charge in [0.05, 0.1) is 18.7 Å². The Kier molecular flexibility index (Phi) is 7.22. The Morgan fingerprint density at radius 3 is 2.34 bits per heavy atom. The number of carbonyl (C=O) groups is 2. The van der Waals surface area contributed by atoms with E-state index in [0.29, 0.717) is 19.4 Å². The summed E-state index contributed by atoms with van der Waals surface area (Å²) < 4.78 is 1.98. The van der Waals surface area contributed by atoms with Gasteiger partial charge in [-0.2, -0.15) is 5.10 Å². The van der Waals surface area contributed by atoms with Crippen molar-refractivity contribution in [3.63, 3.8) is 0 Å². The maximum absolute atomic E-state index is 12.5. The van der Waals surface area contributed by atoms with Crippen molar-refractivity contribution in [1.82, 2.24) is 15.1 Å². The quantitative estimate of drug-likeness (QED) is 0.672. The summed E-state index contributed by atoms with van der Waals surface area (Å²) >= 11 is 0. The number of aryl methyl sites for hydroxylation is 2. The molecule has 0 bridgehead atoms. The molecule has 1 heterocycles. The number of hydrogen-bond acceptors (Lipinski definition) is 3. The molecule has 0 saturated carbocycles. The molecule has 0 aliphatic carbocycles. The Morgan fingerprint density at radius 1 is 1.17 bits per heavy atom. The second-order valence-corrected chi connectivity index (χ2v) is 8.48. The predicted octanol–water partition coefficient (Wildman–Crippen LogP) is 3.79. The molecule has 0 saturated heterocycles. The summed E-state index contributed by atoms with van der Waals surface area (Å²) in [5.74, 6) is -1.03. The Hall–Kier alpha value is -2.63. The van der Waals surface area contributed by atoms with Gasteiger partial charge in [-0.15, -0.1) is 0 Å². The number of carboxylic acid groups (broad SMARTS) is 1. The standard InChI is InChI=1S/C23H33N3O3/c1-15(2)23(6,13-22(28)29)24-21(27)12-11-20-17(4)25-26(18(20)5)14-19-9-7-16(3)8-10-19/h7-10,15H,11-14H2,1-6H3,(H,24,27)(H,28,29). The normalized spacial score (nSPS) is 13.3. The van der Waals surface area contributed by atoms with Crippen molar-refractivity contribution in [2.24, 2.45) is 5.92 Å². The van der Waals surface area contributed by atoms with Gasteiger partial charge in [0.25, 0.3) is 0 Å². The van der Waals surface area contributed by atoms with Crippen molar-refractivity contribution in [3.8, 4) is 0 Å². The number of amides is 1. The molecule has 1 aromatic carbocycles. The maximum atomic E-state index is 12.5. The fourth-order valence-electron chi connectivity index (χ4n) is 3.44. The second kappa shape index (κ2) is 9.25. The van der Waals surface area contributed by atoms with Crippen LogP contribution in [-0.2, 0) is 22.6 Å². The van der Waals surface area contributed by atoms with E-state index in [1.54, 1.807) is 6.92 Å². The number of carbonyl (C=O) groups excluding carboxylic acids is 1. The Bertz CT molecular complexity index is 868. The SMILES string of the molecule is Cc1ccc(Cn2nc(C)c(CCC(=O)NC(C)(CC(=O)O)C(C)C)c2C)cc1. The Morgan fingerprint density at radius 2 is 1.79 bits per heavy atom. The first kappa shape index (κ1) is 22.7. The first-order valence-electron chi connectivity index (χ1n) is 10.1. The zero-order valence-electron chi connectivity index (χ0n) is 18.4. The van der Waals surface area contributed by atoms with Gasteiger partial charge in [-0.05, 0) is 51.2 Å². The second-order valence-electron chi connectivity index (χ2n) is 8.48. The van der Waals surface area contributed by atoms with Gasteiger partial charge in [0.2, 0.25) is 5.91 Å². The minimum Gasteiger partial charge on any atom is -0.481 e. The van der Waals surface area contributed by atoms with Crippen LogP contribution < -0.4 is 5.32 Å². The molecule has 1 aromatic heterocycles. The van der Waals surface area contributed by atoms with E-state index in [0.717, 1.165) is 17.0 Å². The summed E-state index contributed by atoms with van der Waals surface area (Å²) in [4.78, 5) is 23.7. The van der Waals surface area contributed by atoms with Crippen molar-refractivity contribution in [2.75, 3.05) is 0 Å². The molecule has 0 fully saturated rings. The van der Waals surface area contributed by atoms with Crippen molar-refractivity contribution < 1.29 is 14.7 Å². The molecule has 0 radical (unpaired) electrons. The minimum absolute atomic E-state index is 0.0169. The number of rotatable bonds is 9. The summed E-state index contributed by atoms with van der Waals surface area (Å²) in [6.07, 6.45) is 0.793. The fraction of sp³-hybridized carbons (Fsp3) is 0.522. The largest absolute Gasteiger partial charge is 0.481 e. The minimum atomic E-state index is -0.912. The molecular formula is C23H33N3O3. The van der Waals surface area contributed by atoms with Crippen LogP contribution in [0.5, 0.6) is 0 Å². The third kappa shape index (κ3) is 5.92. The van der Waals surface area contributed by atoms with Crippen molar-refractivity contribution in [1.29, 1.82) is 0 Å². The van der Waals surface area contributed by atoms with Crippen LogP contribution >= 0.6 is 0 Å². The molecule has 1 amide bonds. The number of aliphatic carboxylic acids is 1. The molecule has 0 spiro atoms. The Balaban J connectivity index is 2.05. The van der Waals surface area contributed by atoms with Crippen molar-refractivity contribution in [3.05, 3.63) is 52.3 Å². The molecule has 29 heavy (non-hydrogen) atoms. The summed E-state index contributed by atoms with van der Waals surface area (Å²) in [5.41, 5.74) is 4.73. The molecule has 6 nitrogen and oxygen atoms in total. The number of hydrogen-bond donors (Lipinski definition) is 2. The van der Waals surface area contributed by atoms with Crippen LogP contribution in [-0.4, -0.2) is 32.3 Å². The van der Waals surface area contributed by atoms with Crippen LogP contribution in [0.25, 0.3) is 0 Å². The molecule has 1 unspecified atom stereocenters. The van der Waals surface area contributed by atoms with Crippen molar-refractivity contribution >= 4 is 11.9 Å². The summed E-state index contributed by atoms with van der Waals surface area (Å²) in [7, 11) is 0. The molecule has 0 aliphatic rings. The van der Waals surface area contributed by atoms with E-state index in [9.17, 15) is 9.59 Å². The monoisotopic (exact) mass is 399 g/mol. The lowest BCUT2D eigenvalue weighted by atomic mass is 9.85. The van der Waals surface area contributed by atoms with Gasteiger partial charge in [0.15, 0.2) is 0 Å². The lowest BCUT2D eigenvalue weighted by Crippen LogP contribution is -2.51. The highest BCUT2D eigenvalue weighted by Crippen LogP contribution is 2.22. The number of carboxylic acids is 1. The van der Waals surface area contributed by atoms with E-state index in [4.69, 9.17) is 5.11 Å². The number of nitrogens with one attached hydrogen (secondary N) is 1. The van der Waals surface area contributed by atoms with Crippen LogP contribution in [0.2, 0.25) is 0 Å². The van der Waals surface area contributed by atoms with Crippen LogP contribution in [0.3, 0.4) is 0 Å². The van der Waals surface area contributed by atoms with E-state index >= 15 is 0 Å². The maximum Gasteiger partial charge on any atom is 0.305 e. The van der Waals surface area contributed by atoms with E-state index in [-0.39, 0.29) is 18.2 Å². The van der Waals surface area contributed by atoms with Gasteiger partial charge in [-0.3, -0.25) is 14.3 Å². The number of benzene rings is 1. The van der Waals surface area contributed by atoms with Gasteiger partial charge in [-0.25, -0.2) is 0 Å². The average molecular weight is 400 g/mol. The molecule has 1 atom stereocenters. The van der Waals surface area contributed by atoms with Gasteiger partial charge < -0.3 is 10.4 Å². The van der Waals surface area contributed by atoms with E-state index in [1.165, 1.54) is 11.1 Å². The smallest absolute Gasteiger partial charge is 0.305 e. The van der Waals surface area contributed by atoms with Crippen molar-refractivity contribution in [2.45, 2.75) is 72.9 Å². The predicted molar refractivity (Wildman–Crippen MR) is 114 cm³/mol. The third-order valence-corrected chi connectivity index (χ3v) is 5.80. The van der Waals surface area contributed by atoms with Crippen LogP contribution in [0.1, 0.15) is 61.7 Å². The van der Waals surface area contributed by atoms with Crippen LogP contribution in [0.15, 0.2) is 24.3 Å². The fourth-order valence-corrected chi connectivity index (χ4v) is 3.44. The number of aromatic nitrogens is 2. The highest BCUT2D eigenvalue weighted by molar-refractivity contribution is 5.78. The lowest BCUT2D eigenvalue weighted by molar-refractivity contribution is -0.139. The van der Waals surface area contributed by atoms with Gasteiger partial charge in [0.1, 0.15) is 0 Å². The molecular weight excluding hydrogens is 366 g/mol. The van der Waals surface area contributed by atoms with Gasteiger partial charge in [-0.1, -0.05) is 43.7 Å². The number of nitrogens with zero attached hydrogens (tertiary/aromatic N) is 2. The van der Waals surface area contributed by atoms with E-state index in [2.05, 4.69) is 41.6 Å². The van der Waals surface area contributed by atoms with Gasteiger partial charge in [0, 0.05) is 17.7 Å².